The zero-order chi connectivity index (χ0) is 26.3. The molecule has 9 heteroatoms. The smallest absolute Gasteiger partial charge is 0.270 e. The molecule has 2 aliphatic rings. The van der Waals surface area contributed by atoms with E-state index in [9.17, 15) is 9.59 Å². The van der Waals surface area contributed by atoms with Gasteiger partial charge < -0.3 is 10.6 Å². The summed E-state index contributed by atoms with van der Waals surface area (Å²) in [5.74, 6) is -0.429. The zero-order valence-corrected chi connectivity index (χ0v) is 21.7. The van der Waals surface area contributed by atoms with Crippen LogP contribution in [-0.2, 0) is 4.79 Å². The minimum absolute atomic E-state index is 0.00335. The van der Waals surface area contributed by atoms with Gasteiger partial charge in [0.25, 0.3) is 5.91 Å². The minimum Gasteiger partial charge on any atom is -0.339 e. The first kappa shape index (κ1) is 25.0. The molecule has 8 nitrogen and oxygen atoms in total. The van der Waals surface area contributed by atoms with Crippen molar-refractivity contribution in [1.29, 1.82) is 0 Å². The molecule has 0 aliphatic heterocycles. The van der Waals surface area contributed by atoms with Gasteiger partial charge in [0, 0.05) is 35.3 Å². The average molecular weight is 505 g/mol. The van der Waals surface area contributed by atoms with E-state index in [0.717, 1.165) is 31.2 Å². The highest BCUT2D eigenvalue weighted by Crippen LogP contribution is 2.51. The molecule has 0 saturated heterocycles. The van der Waals surface area contributed by atoms with Crippen LogP contribution in [0.1, 0.15) is 67.3 Å². The molecular weight excluding hydrogens is 471 g/mol. The molecule has 2 amide bonds. The molecule has 1 unspecified atom stereocenters. The molecule has 3 aromatic rings. The fourth-order valence-corrected chi connectivity index (χ4v) is 5.17. The quantitative estimate of drug-likeness (QED) is 0.406. The maximum Gasteiger partial charge on any atom is 0.270 e. The molecule has 37 heavy (non-hydrogen) atoms. The van der Waals surface area contributed by atoms with Gasteiger partial charge in [-0.05, 0) is 101 Å². The molecule has 0 radical (unpaired) electrons. The van der Waals surface area contributed by atoms with Crippen LogP contribution in [-0.4, -0.2) is 37.6 Å². The van der Waals surface area contributed by atoms with Crippen molar-refractivity contribution in [3.05, 3.63) is 59.6 Å². The first-order valence-corrected chi connectivity index (χ1v) is 13.0. The Morgan fingerprint density at radius 2 is 1.76 bits per heavy atom. The lowest BCUT2D eigenvalue weighted by molar-refractivity contribution is -0.119. The largest absolute Gasteiger partial charge is 0.339 e. The number of amides is 2. The Balaban J connectivity index is 1.39. The SMILES string of the molecule is Cc1cnc(C)c(-c2ccc(NC(=O)C(NC(=O)c3ccnn3C(C)C)C(C3CC3)C3CC3)nc2F)c1. The van der Waals surface area contributed by atoms with Gasteiger partial charge >= 0.3 is 0 Å². The lowest BCUT2D eigenvalue weighted by Crippen LogP contribution is -2.50. The summed E-state index contributed by atoms with van der Waals surface area (Å²) in [5, 5.41) is 10.0. The van der Waals surface area contributed by atoms with Crippen LogP contribution in [0.2, 0.25) is 0 Å². The summed E-state index contributed by atoms with van der Waals surface area (Å²) < 4.78 is 16.7. The maximum absolute atomic E-state index is 15.1. The van der Waals surface area contributed by atoms with Crippen LogP contribution in [0.4, 0.5) is 10.2 Å². The number of carbonyl (C=O) groups excluding carboxylic acids is 2. The van der Waals surface area contributed by atoms with E-state index in [1.54, 1.807) is 35.3 Å². The molecule has 0 bridgehead atoms. The Bertz CT molecular complexity index is 1320. The van der Waals surface area contributed by atoms with Crippen LogP contribution in [0.25, 0.3) is 11.1 Å². The van der Waals surface area contributed by atoms with Gasteiger partial charge in [0.15, 0.2) is 0 Å². The van der Waals surface area contributed by atoms with E-state index in [2.05, 4.69) is 25.7 Å². The average Bonchev–Trinajstić information content (AvgIpc) is 3.80. The van der Waals surface area contributed by atoms with Gasteiger partial charge in [-0.1, -0.05) is 0 Å². The fourth-order valence-electron chi connectivity index (χ4n) is 5.17. The third-order valence-electron chi connectivity index (χ3n) is 7.29. The third kappa shape index (κ3) is 5.40. The molecule has 0 aromatic carbocycles. The molecule has 5 rings (SSSR count). The number of carbonyl (C=O) groups is 2. The molecule has 194 valence electrons. The summed E-state index contributed by atoms with van der Waals surface area (Å²) in [4.78, 5) is 35.2. The molecule has 2 aliphatic carbocycles. The van der Waals surface area contributed by atoms with Gasteiger partial charge in [-0.2, -0.15) is 9.49 Å². The van der Waals surface area contributed by atoms with E-state index in [4.69, 9.17) is 0 Å². The summed E-state index contributed by atoms with van der Waals surface area (Å²) in [7, 11) is 0. The van der Waals surface area contributed by atoms with E-state index in [0.29, 0.717) is 34.4 Å². The van der Waals surface area contributed by atoms with Crippen molar-refractivity contribution in [3.8, 4) is 11.1 Å². The number of halogens is 1. The van der Waals surface area contributed by atoms with Crippen molar-refractivity contribution < 1.29 is 14.0 Å². The summed E-state index contributed by atoms with van der Waals surface area (Å²) in [6.07, 6.45) is 7.53. The van der Waals surface area contributed by atoms with E-state index in [-0.39, 0.29) is 29.6 Å². The number of pyridine rings is 2. The van der Waals surface area contributed by atoms with Gasteiger partial charge in [0.2, 0.25) is 11.9 Å². The fraction of sp³-hybridized carbons (Fsp3) is 0.464. The van der Waals surface area contributed by atoms with Crippen LogP contribution in [0, 0.1) is 37.5 Å². The van der Waals surface area contributed by atoms with E-state index < -0.39 is 12.0 Å². The number of hydrogen-bond donors (Lipinski definition) is 2. The number of nitrogens with zero attached hydrogens (tertiary/aromatic N) is 4. The van der Waals surface area contributed by atoms with Crippen LogP contribution >= 0.6 is 0 Å². The van der Waals surface area contributed by atoms with Crippen molar-refractivity contribution >= 4 is 17.6 Å². The predicted octanol–water partition coefficient (Wildman–Crippen LogP) is 4.85. The number of rotatable bonds is 9. The highest BCUT2D eigenvalue weighted by Gasteiger charge is 2.48. The van der Waals surface area contributed by atoms with Gasteiger partial charge in [0.1, 0.15) is 17.6 Å². The Morgan fingerprint density at radius 3 is 2.38 bits per heavy atom. The Hall–Kier alpha value is -3.62. The number of anilines is 1. The zero-order valence-electron chi connectivity index (χ0n) is 21.7. The lowest BCUT2D eigenvalue weighted by atomic mass is 9.88. The highest BCUT2D eigenvalue weighted by atomic mass is 19.1. The Labute approximate surface area is 216 Å². The third-order valence-corrected chi connectivity index (χ3v) is 7.29. The Kier molecular flexibility index (Phi) is 6.79. The standard InChI is InChI=1S/C28H33FN6O2/c1-15(2)35-22(11-12-31-35)27(36)34-25(24(18-5-6-18)19-7-8-19)28(37)33-23-10-9-20(26(29)32-23)21-13-16(3)14-30-17(21)4/h9-15,18-19,24-25H,5-8H2,1-4H3,(H,34,36)(H,32,33,37). The first-order chi connectivity index (χ1) is 17.7. The minimum atomic E-state index is -0.740. The highest BCUT2D eigenvalue weighted by molar-refractivity contribution is 6.00. The molecule has 0 spiro atoms. The van der Waals surface area contributed by atoms with Crippen LogP contribution in [0.3, 0.4) is 0 Å². The maximum atomic E-state index is 15.1. The topological polar surface area (TPSA) is 102 Å². The number of aromatic nitrogens is 4. The summed E-state index contributed by atoms with van der Waals surface area (Å²) in [6.45, 7) is 7.61. The molecule has 3 aromatic heterocycles. The van der Waals surface area contributed by atoms with Crippen LogP contribution < -0.4 is 10.6 Å². The Morgan fingerprint density at radius 1 is 1.05 bits per heavy atom. The number of nitrogens with one attached hydrogen (secondary N) is 2. The summed E-state index contributed by atoms with van der Waals surface area (Å²) >= 11 is 0. The molecule has 3 heterocycles. The van der Waals surface area contributed by atoms with Crippen LogP contribution in [0.15, 0.2) is 36.7 Å². The predicted molar refractivity (Wildman–Crippen MR) is 138 cm³/mol. The van der Waals surface area contributed by atoms with E-state index in [1.165, 1.54) is 0 Å². The molecule has 2 N–H and O–H groups in total. The number of aryl methyl sites for hydroxylation is 2. The van der Waals surface area contributed by atoms with Crippen LogP contribution in [0.5, 0.6) is 0 Å². The van der Waals surface area contributed by atoms with Gasteiger partial charge in [-0.15, -0.1) is 0 Å². The van der Waals surface area contributed by atoms with Crippen molar-refractivity contribution in [1.82, 2.24) is 25.1 Å². The molecule has 1 atom stereocenters. The van der Waals surface area contributed by atoms with Crippen molar-refractivity contribution in [2.75, 3.05) is 5.32 Å². The molecule has 2 saturated carbocycles. The van der Waals surface area contributed by atoms with Gasteiger partial charge in [-0.25, -0.2) is 4.98 Å². The lowest BCUT2D eigenvalue weighted by Gasteiger charge is -2.27. The summed E-state index contributed by atoms with van der Waals surface area (Å²) in [6, 6.07) is 5.98. The van der Waals surface area contributed by atoms with E-state index in [1.807, 2.05) is 33.8 Å². The second-order valence-electron chi connectivity index (χ2n) is 10.6. The molecule has 2 fully saturated rings. The second kappa shape index (κ2) is 10.0. The van der Waals surface area contributed by atoms with Gasteiger partial charge in [0.05, 0.1) is 0 Å². The molecular formula is C28H33FN6O2. The second-order valence-corrected chi connectivity index (χ2v) is 10.6. The van der Waals surface area contributed by atoms with Crippen molar-refractivity contribution in [3.63, 3.8) is 0 Å². The van der Waals surface area contributed by atoms with E-state index >= 15 is 4.39 Å². The first-order valence-electron chi connectivity index (χ1n) is 13.0. The van der Waals surface area contributed by atoms with Gasteiger partial charge in [-0.3, -0.25) is 19.3 Å². The van der Waals surface area contributed by atoms with Crippen molar-refractivity contribution in [2.24, 2.45) is 17.8 Å². The number of hydrogen-bond acceptors (Lipinski definition) is 5. The monoisotopic (exact) mass is 504 g/mol. The van der Waals surface area contributed by atoms with Crippen molar-refractivity contribution in [2.45, 2.75) is 65.5 Å². The normalized spacial score (nSPS) is 16.2. The summed E-state index contributed by atoms with van der Waals surface area (Å²) in [5.41, 5.74) is 3.02.